The molecule has 0 saturated heterocycles. The van der Waals surface area contributed by atoms with Crippen LogP contribution in [0.5, 0.6) is 0 Å². The van der Waals surface area contributed by atoms with Gasteiger partial charge in [-0.1, -0.05) is 41.6 Å². The van der Waals surface area contributed by atoms with Gasteiger partial charge in [0, 0.05) is 18.1 Å². The average Bonchev–Trinajstić information content (AvgIpc) is 3.23. The molecule has 32 heavy (non-hydrogen) atoms. The van der Waals surface area contributed by atoms with Crippen LogP contribution in [0, 0.1) is 5.82 Å². The summed E-state index contributed by atoms with van der Waals surface area (Å²) >= 11 is 7.45. The number of hydrogen-bond donors (Lipinski definition) is 1. The molecule has 0 atom stereocenters. The van der Waals surface area contributed by atoms with E-state index in [-0.39, 0.29) is 17.3 Å². The lowest BCUT2D eigenvalue weighted by Gasteiger charge is -2.32. The van der Waals surface area contributed by atoms with Gasteiger partial charge in [-0.05, 0) is 36.8 Å². The van der Waals surface area contributed by atoms with Crippen LogP contribution in [0.2, 0.25) is 5.02 Å². The molecule has 1 aromatic heterocycles. The van der Waals surface area contributed by atoms with E-state index in [2.05, 4.69) is 10.4 Å². The molecule has 1 amide bonds. The highest BCUT2D eigenvalue weighted by atomic mass is 35.5. The number of anilines is 1. The Labute approximate surface area is 193 Å². The lowest BCUT2D eigenvalue weighted by Crippen LogP contribution is -2.42. The number of halogens is 2. The smallest absolute Gasteiger partial charge is 0.234 e. The summed E-state index contributed by atoms with van der Waals surface area (Å²) in [5, 5.41) is 8.37. The van der Waals surface area contributed by atoms with Crippen LogP contribution < -0.4 is 5.32 Å². The minimum atomic E-state index is -0.471. The number of hydrogen-bond acceptors (Lipinski definition) is 6. The van der Waals surface area contributed by atoms with E-state index in [0.717, 1.165) is 36.6 Å². The maximum absolute atomic E-state index is 13.8. The van der Waals surface area contributed by atoms with Crippen LogP contribution in [0.1, 0.15) is 12.0 Å². The number of para-hydroxylation sites is 1. The molecular formula is C22H18ClFN6OS. The minimum Gasteiger partial charge on any atom is -0.323 e. The van der Waals surface area contributed by atoms with E-state index >= 15 is 0 Å². The summed E-state index contributed by atoms with van der Waals surface area (Å²) in [6.45, 7) is 1.47. The van der Waals surface area contributed by atoms with Gasteiger partial charge in [0.15, 0.2) is 11.0 Å². The van der Waals surface area contributed by atoms with Crippen LogP contribution in [0.25, 0.3) is 5.69 Å². The van der Waals surface area contributed by atoms with Crippen molar-refractivity contribution in [2.24, 2.45) is 9.98 Å². The fraction of sp³-hybridized carbons (Fsp3) is 0.182. The molecule has 0 bridgehead atoms. The Morgan fingerprint density at radius 1 is 1.22 bits per heavy atom. The number of nitrogens with zero attached hydrogens (tertiary/aromatic N) is 5. The number of rotatable bonds is 4. The fourth-order valence-electron chi connectivity index (χ4n) is 3.57. The van der Waals surface area contributed by atoms with Crippen molar-refractivity contribution >= 4 is 51.8 Å². The lowest BCUT2D eigenvalue weighted by atomic mass is 10.2. The van der Waals surface area contributed by atoms with Gasteiger partial charge in [0.25, 0.3) is 0 Å². The summed E-state index contributed by atoms with van der Waals surface area (Å²) in [6, 6.07) is 13.5. The molecule has 10 heteroatoms. The Balaban J connectivity index is 1.43. The molecule has 0 unspecified atom stereocenters. The van der Waals surface area contributed by atoms with Crippen molar-refractivity contribution in [1.82, 2.24) is 14.7 Å². The van der Waals surface area contributed by atoms with Gasteiger partial charge < -0.3 is 10.2 Å². The first-order chi connectivity index (χ1) is 15.6. The average molecular weight is 469 g/mol. The summed E-state index contributed by atoms with van der Waals surface area (Å²) in [7, 11) is 0. The Morgan fingerprint density at radius 3 is 2.94 bits per heavy atom. The van der Waals surface area contributed by atoms with E-state index in [1.807, 2.05) is 23.1 Å². The Hall–Kier alpha value is -3.17. The molecule has 3 heterocycles. The Morgan fingerprint density at radius 2 is 2.09 bits per heavy atom. The van der Waals surface area contributed by atoms with Crippen LogP contribution in [-0.4, -0.2) is 50.4 Å². The van der Waals surface area contributed by atoms with E-state index in [1.165, 1.54) is 23.9 Å². The number of aromatic nitrogens is 2. The first-order valence-electron chi connectivity index (χ1n) is 10.0. The highest BCUT2D eigenvalue weighted by molar-refractivity contribution is 8.14. The molecule has 0 spiro atoms. The van der Waals surface area contributed by atoms with E-state index < -0.39 is 5.82 Å². The number of benzene rings is 2. The molecule has 2 aliphatic rings. The zero-order chi connectivity index (χ0) is 22.1. The van der Waals surface area contributed by atoms with Crippen LogP contribution in [0.4, 0.5) is 15.9 Å². The molecule has 2 aliphatic heterocycles. The number of fused-ring (bicyclic) bond motifs is 3. The third-order valence-corrected chi connectivity index (χ3v) is 6.22. The van der Waals surface area contributed by atoms with Gasteiger partial charge >= 0.3 is 0 Å². The molecule has 5 rings (SSSR count). The normalized spacial score (nSPS) is 14.9. The van der Waals surface area contributed by atoms with Crippen molar-refractivity contribution < 1.29 is 9.18 Å². The first kappa shape index (κ1) is 20.7. The zero-order valence-corrected chi connectivity index (χ0v) is 18.4. The van der Waals surface area contributed by atoms with Gasteiger partial charge in [-0.15, -0.1) is 0 Å². The summed E-state index contributed by atoms with van der Waals surface area (Å²) in [5.74, 6) is 0.735. The second kappa shape index (κ2) is 8.76. The fourth-order valence-corrected chi connectivity index (χ4v) is 4.57. The van der Waals surface area contributed by atoms with E-state index in [0.29, 0.717) is 16.0 Å². The highest BCUT2D eigenvalue weighted by Gasteiger charge is 2.32. The number of amides is 1. The minimum absolute atomic E-state index is 0.0809. The predicted octanol–water partition coefficient (Wildman–Crippen LogP) is 4.49. The third kappa shape index (κ3) is 4.01. The van der Waals surface area contributed by atoms with Gasteiger partial charge in [0.05, 0.1) is 28.9 Å². The van der Waals surface area contributed by atoms with Crippen LogP contribution in [-0.2, 0) is 4.79 Å². The van der Waals surface area contributed by atoms with Crippen molar-refractivity contribution in [2.75, 3.05) is 24.2 Å². The van der Waals surface area contributed by atoms with Crippen molar-refractivity contribution in [2.45, 2.75) is 6.42 Å². The molecule has 0 saturated carbocycles. The maximum atomic E-state index is 13.8. The summed E-state index contributed by atoms with van der Waals surface area (Å²) < 4.78 is 15.6. The van der Waals surface area contributed by atoms with Crippen molar-refractivity contribution in [1.29, 1.82) is 0 Å². The largest absolute Gasteiger partial charge is 0.323 e. The molecular weight excluding hydrogens is 451 g/mol. The van der Waals surface area contributed by atoms with Crippen LogP contribution in [0.3, 0.4) is 0 Å². The molecule has 0 fully saturated rings. The molecule has 7 nitrogen and oxygen atoms in total. The summed E-state index contributed by atoms with van der Waals surface area (Å²) in [6.07, 6.45) is 2.64. The zero-order valence-electron chi connectivity index (χ0n) is 16.8. The van der Waals surface area contributed by atoms with Crippen molar-refractivity contribution in [3.8, 4) is 5.69 Å². The quantitative estimate of drug-likeness (QED) is 0.612. The Bertz CT molecular complexity index is 1260. The number of carbonyl (C=O) groups is 1. The van der Waals surface area contributed by atoms with Gasteiger partial charge in [-0.2, -0.15) is 5.10 Å². The molecule has 1 N–H and O–H groups in total. The SMILES string of the molecule is O=C(CSC1=Nc2c(cnn2-c2cccc(Cl)c2)C2=NCCCN12)Nc1ccccc1F. The third-order valence-electron chi connectivity index (χ3n) is 5.01. The molecule has 2 aromatic carbocycles. The number of amidine groups is 2. The first-order valence-corrected chi connectivity index (χ1v) is 11.4. The predicted molar refractivity (Wildman–Crippen MR) is 126 cm³/mol. The number of nitrogens with one attached hydrogen (secondary N) is 1. The van der Waals surface area contributed by atoms with E-state index in [4.69, 9.17) is 21.6 Å². The molecule has 0 aliphatic carbocycles. The Kier molecular flexibility index (Phi) is 5.67. The highest BCUT2D eigenvalue weighted by Crippen LogP contribution is 2.33. The van der Waals surface area contributed by atoms with Crippen LogP contribution >= 0.6 is 23.4 Å². The second-order valence-corrected chi connectivity index (χ2v) is 8.57. The van der Waals surface area contributed by atoms with E-state index in [1.54, 1.807) is 29.1 Å². The molecule has 3 aromatic rings. The number of carbonyl (C=O) groups excluding carboxylic acids is 1. The maximum Gasteiger partial charge on any atom is 0.234 e. The van der Waals surface area contributed by atoms with Crippen molar-refractivity contribution in [3.05, 3.63) is 71.1 Å². The lowest BCUT2D eigenvalue weighted by molar-refractivity contribution is -0.113. The van der Waals surface area contributed by atoms with E-state index in [9.17, 15) is 9.18 Å². The van der Waals surface area contributed by atoms with Crippen molar-refractivity contribution in [3.63, 3.8) is 0 Å². The van der Waals surface area contributed by atoms with Gasteiger partial charge in [0.2, 0.25) is 5.91 Å². The number of aliphatic imine (C=N–C) groups is 2. The summed E-state index contributed by atoms with van der Waals surface area (Å²) in [5.41, 5.74) is 1.78. The second-order valence-electron chi connectivity index (χ2n) is 7.20. The molecule has 0 radical (unpaired) electrons. The van der Waals surface area contributed by atoms with Gasteiger partial charge in [-0.3, -0.25) is 9.79 Å². The number of thioether (sulfide) groups is 1. The van der Waals surface area contributed by atoms with Gasteiger partial charge in [-0.25, -0.2) is 14.1 Å². The summed E-state index contributed by atoms with van der Waals surface area (Å²) in [4.78, 5) is 24.0. The monoisotopic (exact) mass is 468 g/mol. The topological polar surface area (TPSA) is 74.9 Å². The molecule has 162 valence electrons. The standard InChI is InChI=1S/C22H18ClFN6OS/c23-14-5-3-6-15(11-14)30-21-16(12-26-30)20-25-9-4-10-29(20)22(28-21)32-13-19(31)27-18-8-2-1-7-17(18)24/h1-3,5-8,11-12H,4,9-10,13H2,(H,27,31). The van der Waals surface area contributed by atoms with Gasteiger partial charge in [0.1, 0.15) is 11.7 Å². The van der Waals surface area contributed by atoms with Crippen LogP contribution in [0.15, 0.2) is 64.7 Å².